The molecule has 7 heteroatoms. The predicted octanol–water partition coefficient (Wildman–Crippen LogP) is 3.68. The van der Waals surface area contributed by atoms with E-state index < -0.39 is 0 Å². The van der Waals surface area contributed by atoms with E-state index in [1.165, 1.54) is 17.8 Å². The number of hydrogen-bond donors (Lipinski definition) is 2. The van der Waals surface area contributed by atoms with Crippen molar-refractivity contribution in [2.75, 3.05) is 24.3 Å². The van der Waals surface area contributed by atoms with Crippen LogP contribution in [0.1, 0.15) is 26.5 Å². The van der Waals surface area contributed by atoms with E-state index >= 15 is 0 Å². The third-order valence-electron chi connectivity index (χ3n) is 3.45. The lowest BCUT2D eigenvalue weighted by atomic mass is 10.2. The minimum absolute atomic E-state index is 0.0941. The van der Waals surface area contributed by atoms with Crippen molar-refractivity contribution in [2.45, 2.75) is 26.5 Å². The predicted molar refractivity (Wildman–Crippen MR) is 110 cm³/mol. The van der Waals surface area contributed by atoms with E-state index in [4.69, 9.17) is 9.47 Å². The lowest BCUT2D eigenvalue weighted by Crippen LogP contribution is -2.15. The Balaban J connectivity index is 1.77. The summed E-state index contributed by atoms with van der Waals surface area (Å²) in [4.78, 5) is 27.1. The molecule has 2 N–H and O–H groups in total. The second-order valence-electron chi connectivity index (χ2n) is 6.39. The Kier molecular flexibility index (Phi) is 8.26. The van der Waals surface area contributed by atoms with Crippen LogP contribution in [0, 0.1) is 5.92 Å². The summed E-state index contributed by atoms with van der Waals surface area (Å²) in [6, 6.07) is 8.77. The van der Waals surface area contributed by atoms with Crippen molar-refractivity contribution in [2.24, 2.45) is 5.92 Å². The van der Waals surface area contributed by atoms with Crippen LogP contribution in [0.15, 0.2) is 41.3 Å². The van der Waals surface area contributed by atoms with E-state index in [-0.39, 0.29) is 11.3 Å². The van der Waals surface area contributed by atoms with Crippen LogP contribution in [-0.4, -0.2) is 29.9 Å². The highest BCUT2D eigenvalue weighted by Gasteiger charge is 2.07. The molecule has 1 heterocycles. The van der Waals surface area contributed by atoms with Crippen molar-refractivity contribution in [3.63, 3.8) is 0 Å². The number of ether oxygens (including phenoxy) is 2. The van der Waals surface area contributed by atoms with Gasteiger partial charge < -0.3 is 19.8 Å². The summed E-state index contributed by atoms with van der Waals surface area (Å²) in [6.07, 6.45) is 1.58. The zero-order chi connectivity index (χ0) is 19.6. The van der Waals surface area contributed by atoms with Gasteiger partial charge in [0.15, 0.2) is 5.75 Å². The van der Waals surface area contributed by atoms with Crippen LogP contribution in [-0.2, 0) is 10.5 Å². The quantitative estimate of drug-likeness (QED) is 0.647. The summed E-state index contributed by atoms with van der Waals surface area (Å²) in [7, 11) is 0. The maximum Gasteiger partial charge on any atom is 0.234 e. The highest BCUT2D eigenvalue weighted by atomic mass is 32.2. The Labute approximate surface area is 163 Å². The van der Waals surface area contributed by atoms with E-state index in [2.05, 4.69) is 10.3 Å². The molecular weight excluding hydrogens is 364 g/mol. The van der Waals surface area contributed by atoms with Crippen LogP contribution in [0.3, 0.4) is 0 Å². The van der Waals surface area contributed by atoms with Gasteiger partial charge in [-0.15, -0.1) is 11.8 Å². The first-order valence-electron chi connectivity index (χ1n) is 8.92. The minimum Gasteiger partial charge on any atom is -0.494 e. The maximum atomic E-state index is 12.0. The summed E-state index contributed by atoms with van der Waals surface area (Å²) < 4.78 is 10.8. The van der Waals surface area contributed by atoms with Crippen molar-refractivity contribution < 1.29 is 14.3 Å². The fourth-order valence-electron chi connectivity index (χ4n) is 2.20. The average Bonchev–Trinajstić information content (AvgIpc) is 2.63. The van der Waals surface area contributed by atoms with Crippen LogP contribution in [0.5, 0.6) is 11.5 Å². The molecule has 0 spiro atoms. The molecule has 1 aromatic heterocycles. The van der Waals surface area contributed by atoms with Gasteiger partial charge >= 0.3 is 0 Å². The molecule has 6 nitrogen and oxygen atoms in total. The van der Waals surface area contributed by atoms with Crippen LogP contribution in [0.2, 0.25) is 0 Å². The van der Waals surface area contributed by atoms with Crippen molar-refractivity contribution in [1.82, 2.24) is 4.98 Å². The van der Waals surface area contributed by atoms with Gasteiger partial charge in [0, 0.05) is 29.4 Å². The number of anilines is 1. The standard InChI is InChI=1S/C20H26N2O4S/c1-4-25-17-7-5-15(6-8-17)22-20(24)13-27-12-16-9-18(23)19(10-21-16)26-11-14(2)3/h5-10,14H,4,11-13H2,1-3H3,(H,21,23)(H,22,24). The first-order valence-corrected chi connectivity index (χ1v) is 10.1. The molecule has 1 aromatic carbocycles. The van der Waals surface area contributed by atoms with E-state index in [9.17, 15) is 9.59 Å². The van der Waals surface area contributed by atoms with Gasteiger partial charge in [0.05, 0.1) is 19.0 Å². The van der Waals surface area contributed by atoms with Crippen LogP contribution < -0.4 is 20.2 Å². The summed E-state index contributed by atoms with van der Waals surface area (Å²) in [5, 5.41) is 2.84. The minimum atomic E-state index is -0.149. The number of aromatic amines is 1. The molecule has 0 aliphatic heterocycles. The number of aromatic nitrogens is 1. The van der Waals surface area contributed by atoms with Crippen LogP contribution in [0.4, 0.5) is 5.69 Å². The van der Waals surface area contributed by atoms with E-state index in [0.717, 1.165) is 17.1 Å². The number of pyridine rings is 1. The largest absolute Gasteiger partial charge is 0.494 e. The smallest absolute Gasteiger partial charge is 0.234 e. The molecule has 2 rings (SSSR count). The second-order valence-corrected chi connectivity index (χ2v) is 7.38. The third-order valence-corrected chi connectivity index (χ3v) is 4.43. The van der Waals surface area contributed by atoms with Gasteiger partial charge in [0.25, 0.3) is 0 Å². The molecule has 0 radical (unpaired) electrons. The number of thioether (sulfide) groups is 1. The molecule has 0 aliphatic carbocycles. The fourth-order valence-corrected chi connectivity index (χ4v) is 2.95. The highest BCUT2D eigenvalue weighted by molar-refractivity contribution is 7.99. The van der Waals surface area contributed by atoms with Crippen LogP contribution >= 0.6 is 11.8 Å². The monoisotopic (exact) mass is 390 g/mol. The van der Waals surface area contributed by atoms with Gasteiger partial charge in [0.1, 0.15) is 5.75 Å². The fraction of sp³-hybridized carbons (Fsp3) is 0.400. The molecule has 0 atom stereocenters. The van der Waals surface area contributed by atoms with Crippen molar-refractivity contribution in [3.05, 3.63) is 52.4 Å². The van der Waals surface area contributed by atoms with E-state index in [0.29, 0.717) is 36.4 Å². The first-order chi connectivity index (χ1) is 13.0. The van der Waals surface area contributed by atoms with Crippen molar-refractivity contribution in [3.8, 4) is 11.5 Å². The van der Waals surface area contributed by atoms with Gasteiger partial charge in [0.2, 0.25) is 11.3 Å². The summed E-state index contributed by atoms with van der Waals surface area (Å²) >= 11 is 1.43. The summed E-state index contributed by atoms with van der Waals surface area (Å²) in [6.45, 7) is 7.08. The Bertz CT molecular complexity index is 787. The van der Waals surface area contributed by atoms with Gasteiger partial charge in [-0.3, -0.25) is 9.59 Å². The third kappa shape index (κ3) is 7.38. The van der Waals surface area contributed by atoms with Crippen molar-refractivity contribution >= 4 is 23.4 Å². The molecular formula is C20H26N2O4S. The zero-order valence-electron chi connectivity index (χ0n) is 15.9. The molecule has 0 saturated heterocycles. The molecule has 0 fully saturated rings. The number of carbonyl (C=O) groups excluding carboxylic acids is 1. The van der Waals surface area contributed by atoms with Crippen LogP contribution in [0.25, 0.3) is 0 Å². The van der Waals surface area contributed by atoms with Gasteiger partial charge in [-0.1, -0.05) is 13.8 Å². The number of H-pyrrole nitrogens is 1. The lowest BCUT2D eigenvalue weighted by molar-refractivity contribution is -0.113. The molecule has 27 heavy (non-hydrogen) atoms. The second kappa shape index (κ2) is 10.7. The highest BCUT2D eigenvalue weighted by Crippen LogP contribution is 2.16. The maximum absolute atomic E-state index is 12.0. The number of amides is 1. The number of rotatable bonds is 10. The molecule has 0 aliphatic rings. The Morgan fingerprint density at radius 3 is 2.59 bits per heavy atom. The number of nitrogens with one attached hydrogen (secondary N) is 2. The Morgan fingerprint density at radius 1 is 1.22 bits per heavy atom. The topological polar surface area (TPSA) is 80.4 Å². The van der Waals surface area contributed by atoms with Gasteiger partial charge in [-0.05, 0) is 37.1 Å². The first kappa shape index (κ1) is 20.9. The van der Waals surface area contributed by atoms with Crippen molar-refractivity contribution in [1.29, 1.82) is 0 Å². The van der Waals surface area contributed by atoms with Gasteiger partial charge in [-0.25, -0.2) is 0 Å². The van der Waals surface area contributed by atoms with E-state index in [1.807, 2.05) is 32.9 Å². The number of benzene rings is 1. The summed E-state index contributed by atoms with van der Waals surface area (Å²) in [5.41, 5.74) is 1.34. The molecule has 2 aromatic rings. The molecule has 0 bridgehead atoms. The molecule has 0 unspecified atom stereocenters. The molecule has 1 amide bonds. The number of hydrogen-bond acceptors (Lipinski definition) is 5. The average molecular weight is 391 g/mol. The normalized spacial score (nSPS) is 10.7. The molecule has 0 saturated carbocycles. The zero-order valence-corrected chi connectivity index (χ0v) is 16.7. The van der Waals surface area contributed by atoms with Gasteiger partial charge in [-0.2, -0.15) is 0 Å². The number of carbonyl (C=O) groups is 1. The lowest BCUT2D eigenvalue weighted by Gasteiger charge is -2.09. The Hall–Kier alpha value is -2.41. The van der Waals surface area contributed by atoms with E-state index in [1.54, 1.807) is 18.3 Å². The Morgan fingerprint density at radius 2 is 1.96 bits per heavy atom. The SMILES string of the molecule is CCOc1ccc(NC(=O)CSCc2cc(=O)c(OCC(C)C)c[nH]2)cc1. The molecule has 146 valence electrons. The summed E-state index contributed by atoms with van der Waals surface area (Å²) in [5.74, 6) is 2.19.